The number of methoxy groups -OCH3 is 1. The van der Waals surface area contributed by atoms with Crippen molar-refractivity contribution in [1.82, 2.24) is 4.98 Å². The number of hydrogen-bond acceptors (Lipinski definition) is 4. The number of nitrogens with zero attached hydrogens (tertiary/aromatic N) is 1. The summed E-state index contributed by atoms with van der Waals surface area (Å²) in [5.74, 6) is 0.488. The summed E-state index contributed by atoms with van der Waals surface area (Å²) in [5, 5.41) is 2.67. The molecule has 0 aliphatic rings. The van der Waals surface area contributed by atoms with Crippen LogP contribution >= 0.6 is 0 Å². The van der Waals surface area contributed by atoms with Gasteiger partial charge in [-0.05, 0) is 18.1 Å². The highest BCUT2D eigenvalue weighted by atomic mass is 16.5. The molecule has 0 spiro atoms. The molecule has 1 atom stereocenters. The number of nitrogens with one attached hydrogen (secondary N) is 1. The fraction of sp³-hybridized carbons (Fsp3) is 0.455. The van der Waals surface area contributed by atoms with E-state index in [1.165, 1.54) is 0 Å². The van der Waals surface area contributed by atoms with Crippen molar-refractivity contribution in [3.63, 3.8) is 0 Å². The first kappa shape index (κ1) is 12.4. The molecule has 5 nitrogen and oxygen atoms in total. The fourth-order valence-electron chi connectivity index (χ4n) is 1.37. The van der Waals surface area contributed by atoms with E-state index in [1.54, 1.807) is 25.4 Å². The molecule has 16 heavy (non-hydrogen) atoms. The second-order valence-corrected chi connectivity index (χ2v) is 3.75. The van der Waals surface area contributed by atoms with E-state index in [2.05, 4.69) is 10.3 Å². The van der Waals surface area contributed by atoms with E-state index in [0.29, 0.717) is 24.5 Å². The van der Waals surface area contributed by atoms with Crippen LogP contribution in [0.15, 0.2) is 18.3 Å². The minimum Gasteiger partial charge on any atom is -0.396 e. The van der Waals surface area contributed by atoms with Gasteiger partial charge in [-0.3, -0.25) is 4.79 Å². The second kappa shape index (κ2) is 6.07. The molecule has 1 unspecified atom stereocenters. The summed E-state index contributed by atoms with van der Waals surface area (Å²) in [7, 11) is 1.62. The standard InChI is InChI=1S/C11H17N3O2/c1-8(7-16-2)6-10(15)14-11-9(12)4-3-5-13-11/h3-5,8H,6-7,12H2,1-2H3,(H,13,14,15). The van der Waals surface area contributed by atoms with Crippen LogP contribution in [-0.2, 0) is 9.53 Å². The molecule has 3 N–H and O–H groups in total. The van der Waals surface area contributed by atoms with Crippen molar-refractivity contribution >= 4 is 17.4 Å². The van der Waals surface area contributed by atoms with Crippen LogP contribution in [-0.4, -0.2) is 24.6 Å². The van der Waals surface area contributed by atoms with Gasteiger partial charge in [0.2, 0.25) is 5.91 Å². The zero-order valence-electron chi connectivity index (χ0n) is 9.56. The molecular formula is C11H17N3O2. The zero-order chi connectivity index (χ0) is 12.0. The number of aromatic nitrogens is 1. The first-order chi connectivity index (χ1) is 7.63. The molecule has 0 aromatic carbocycles. The molecule has 1 rings (SSSR count). The fourth-order valence-corrected chi connectivity index (χ4v) is 1.37. The van der Waals surface area contributed by atoms with E-state index in [0.717, 1.165) is 0 Å². The Bertz CT molecular complexity index is 355. The summed E-state index contributed by atoms with van der Waals surface area (Å²) in [5.41, 5.74) is 6.12. The van der Waals surface area contributed by atoms with Crippen LogP contribution in [0.4, 0.5) is 11.5 Å². The van der Waals surface area contributed by atoms with Gasteiger partial charge in [0.25, 0.3) is 0 Å². The summed E-state index contributed by atoms with van der Waals surface area (Å²) in [6.07, 6.45) is 1.98. The average Bonchev–Trinajstić information content (AvgIpc) is 2.21. The molecule has 1 heterocycles. The molecule has 1 aromatic heterocycles. The molecule has 0 aliphatic carbocycles. The first-order valence-electron chi connectivity index (χ1n) is 5.12. The Morgan fingerprint density at radius 3 is 3.06 bits per heavy atom. The number of ether oxygens (including phenoxy) is 1. The minimum absolute atomic E-state index is 0.102. The van der Waals surface area contributed by atoms with Crippen molar-refractivity contribution in [2.75, 3.05) is 24.8 Å². The first-order valence-corrected chi connectivity index (χ1v) is 5.12. The summed E-state index contributed by atoms with van der Waals surface area (Å²) in [6.45, 7) is 2.51. The molecule has 1 amide bonds. The average molecular weight is 223 g/mol. The van der Waals surface area contributed by atoms with Gasteiger partial charge in [0.05, 0.1) is 5.69 Å². The maximum absolute atomic E-state index is 11.6. The number of pyridine rings is 1. The SMILES string of the molecule is COCC(C)CC(=O)Nc1ncccc1N. The minimum atomic E-state index is -0.102. The van der Waals surface area contributed by atoms with E-state index in [-0.39, 0.29) is 11.8 Å². The monoisotopic (exact) mass is 223 g/mol. The topological polar surface area (TPSA) is 77.2 Å². The summed E-state index contributed by atoms with van der Waals surface area (Å²) < 4.78 is 4.96. The predicted octanol–water partition coefficient (Wildman–Crippen LogP) is 1.27. The molecule has 0 saturated heterocycles. The summed E-state index contributed by atoms with van der Waals surface area (Å²) in [6, 6.07) is 3.42. The number of anilines is 2. The van der Waals surface area contributed by atoms with Crippen molar-refractivity contribution in [3.05, 3.63) is 18.3 Å². The summed E-state index contributed by atoms with van der Waals surface area (Å²) >= 11 is 0. The molecule has 1 aromatic rings. The van der Waals surface area contributed by atoms with Gasteiger partial charge in [-0.15, -0.1) is 0 Å². The highest BCUT2D eigenvalue weighted by Crippen LogP contribution is 2.14. The molecule has 5 heteroatoms. The molecule has 0 aliphatic heterocycles. The van der Waals surface area contributed by atoms with E-state index in [1.807, 2.05) is 6.92 Å². The second-order valence-electron chi connectivity index (χ2n) is 3.75. The maximum atomic E-state index is 11.6. The van der Waals surface area contributed by atoms with Crippen molar-refractivity contribution < 1.29 is 9.53 Å². The quantitative estimate of drug-likeness (QED) is 0.788. The van der Waals surface area contributed by atoms with Crippen molar-refractivity contribution in [2.45, 2.75) is 13.3 Å². The number of nitrogens with two attached hydrogens (primary N) is 1. The molecule has 88 valence electrons. The number of amides is 1. The molecule has 0 fully saturated rings. The third kappa shape index (κ3) is 3.86. The molecule has 0 radical (unpaired) electrons. The van der Waals surface area contributed by atoms with Crippen molar-refractivity contribution in [2.24, 2.45) is 5.92 Å². The van der Waals surface area contributed by atoms with Crippen LogP contribution in [0.1, 0.15) is 13.3 Å². The van der Waals surface area contributed by atoms with Crippen LogP contribution in [0, 0.1) is 5.92 Å². The molecular weight excluding hydrogens is 206 g/mol. The number of hydrogen-bond donors (Lipinski definition) is 2. The highest BCUT2D eigenvalue weighted by molar-refractivity contribution is 5.92. The predicted molar refractivity (Wildman–Crippen MR) is 62.9 cm³/mol. The normalized spacial score (nSPS) is 12.1. The highest BCUT2D eigenvalue weighted by Gasteiger charge is 2.10. The van der Waals surface area contributed by atoms with Crippen LogP contribution in [0.3, 0.4) is 0 Å². The Morgan fingerprint density at radius 1 is 1.69 bits per heavy atom. The largest absolute Gasteiger partial charge is 0.396 e. The summed E-state index contributed by atoms with van der Waals surface area (Å²) in [4.78, 5) is 15.6. The van der Waals surface area contributed by atoms with Crippen molar-refractivity contribution in [1.29, 1.82) is 0 Å². The molecule has 0 saturated carbocycles. The number of nitrogen functional groups attached to an aromatic ring is 1. The Balaban J connectivity index is 2.49. The Labute approximate surface area is 95.0 Å². The van der Waals surface area contributed by atoms with E-state index in [9.17, 15) is 4.79 Å². The Hall–Kier alpha value is -1.62. The van der Waals surface area contributed by atoms with Gasteiger partial charge in [0, 0.05) is 26.3 Å². The lowest BCUT2D eigenvalue weighted by molar-refractivity contribution is -0.117. The van der Waals surface area contributed by atoms with Gasteiger partial charge in [0.15, 0.2) is 5.82 Å². The Kier molecular flexibility index (Phi) is 4.72. The maximum Gasteiger partial charge on any atom is 0.225 e. The van der Waals surface area contributed by atoms with E-state index < -0.39 is 0 Å². The van der Waals surface area contributed by atoms with Crippen LogP contribution in [0.5, 0.6) is 0 Å². The number of carbonyl (C=O) groups excluding carboxylic acids is 1. The third-order valence-electron chi connectivity index (χ3n) is 2.08. The van der Waals surface area contributed by atoms with Gasteiger partial charge in [-0.2, -0.15) is 0 Å². The van der Waals surface area contributed by atoms with Crippen LogP contribution in [0.25, 0.3) is 0 Å². The third-order valence-corrected chi connectivity index (χ3v) is 2.08. The lowest BCUT2D eigenvalue weighted by atomic mass is 10.1. The van der Waals surface area contributed by atoms with E-state index >= 15 is 0 Å². The van der Waals surface area contributed by atoms with Gasteiger partial charge in [-0.25, -0.2) is 4.98 Å². The van der Waals surface area contributed by atoms with Crippen molar-refractivity contribution in [3.8, 4) is 0 Å². The van der Waals surface area contributed by atoms with Gasteiger partial charge in [0.1, 0.15) is 0 Å². The van der Waals surface area contributed by atoms with Crippen LogP contribution < -0.4 is 11.1 Å². The Morgan fingerprint density at radius 2 is 2.44 bits per heavy atom. The zero-order valence-corrected chi connectivity index (χ0v) is 9.56. The van der Waals surface area contributed by atoms with E-state index in [4.69, 9.17) is 10.5 Å². The smallest absolute Gasteiger partial charge is 0.225 e. The van der Waals surface area contributed by atoms with Gasteiger partial charge >= 0.3 is 0 Å². The van der Waals surface area contributed by atoms with Gasteiger partial charge < -0.3 is 15.8 Å². The van der Waals surface area contributed by atoms with Gasteiger partial charge in [-0.1, -0.05) is 6.92 Å². The van der Waals surface area contributed by atoms with Crippen LogP contribution in [0.2, 0.25) is 0 Å². The lowest BCUT2D eigenvalue weighted by Gasteiger charge is -2.10. The lowest BCUT2D eigenvalue weighted by Crippen LogP contribution is -2.18. The number of rotatable bonds is 5. The number of carbonyl (C=O) groups is 1. The molecule has 0 bridgehead atoms.